The Labute approximate surface area is 109 Å². The molecule has 17 heavy (non-hydrogen) atoms. The van der Waals surface area contributed by atoms with Crippen molar-refractivity contribution in [2.24, 2.45) is 0 Å². The SMILES string of the molecule is OCCOC1CCN(c2ncncc2Br)CC1. The van der Waals surface area contributed by atoms with Crippen LogP contribution in [0.5, 0.6) is 0 Å². The quantitative estimate of drug-likeness (QED) is 0.906. The van der Waals surface area contributed by atoms with Crippen LogP contribution in [-0.2, 0) is 4.74 Å². The molecule has 0 atom stereocenters. The van der Waals surface area contributed by atoms with Gasteiger partial charge in [0.2, 0.25) is 0 Å². The Morgan fingerprint density at radius 2 is 2.24 bits per heavy atom. The average molecular weight is 302 g/mol. The van der Waals surface area contributed by atoms with Gasteiger partial charge in [-0.3, -0.25) is 0 Å². The highest BCUT2D eigenvalue weighted by Crippen LogP contribution is 2.25. The molecule has 1 aliphatic rings. The van der Waals surface area contributed by atoms with E-state index < -0.39 is 0 Å². The highest BCUT2D eigenvalue weighted by molar-refractivity contribution is 9.10. The highest BCUT2D eigenvalue weighted by atomic mass is 79.9. The number of hydrogen-bond acceptors (Lipinski definition) is 5. The molecule has 0 unspecified atom stereocenters. The molecule has 0 radical (unpaired) electrons. The number of piperidine rings is 1. The summed E-state index contributed by atoms with van der Waals surface area (Å²) < 4.78 is 6.45. The fourth-order valence-corrected chi connectivity index (χ4v) is 2.46. The van der Waals surface area contributed by atoms with Crippen LogP contribution in [0.3, 0.4) is 0 Å². The van der Waals surface area contributed by atoms with Gasteiger partial charge in [-0.2, -0.15) is 0 Å². The molecule has 1 aromatic rings. The minimum atomic E-state index is 0.0949. The van der Waals surface area contributed by atoms with Crippen LogP contribution in [0.4, 0.5) is 5.82 Å². The maximum absolute atomic E-state index is 8.70. The van der Waals surface area contributed by atoms with Gasteiger partial charge >= 0.3 is 0 Å². The molecular weight excluding hydrogens is 286 g/mol. The lowest BCUT2D eigenvalue weighted by Crippen LogP contribution is -2.38. The van der Waals surface area contributed by atoms with Crippen molar-refractivity contribution in [1.82, 2.24) is 9.97 Å². The Kier molecular flexibility index (Phi) is 4.70. The third kappa shape index (κ3) is 3.37. The summed E-state index contributed by atoms with van der Waals surface area (Å²) in [6, 6.07) is 0. The molecule has 5 nitrogen and oxygen atoms in total. The lowest BCUT2D eigenvalue weighted by molar-refractivity contribution is 0.0158. The van der Waals surface area contributed by atoms with Gasteiger partial charge in [0.15, 0.2) is 0 Å². The van der Waals surface area contributed by atoms with Crippen molar-refractivity contribution in [3.05, 3.63) is 17.0 Å². The fraction of sp³-hybridized carbons (Fsp3) is 0.636. The first kappa shape index (κ1) is 12.7. The Hall–Kier alpha value is -0.720. The summed E-state index contributed by atoms with van der Waals surface area (Å²) in [5.74, 6) is 0.945. The minimum Gasteiger partial charge on any atom is -0.394 e. The van der Waals surface area contributed by atoms with Crippen LogP contribution in [0, 0.1) is 0 Å². The van der Waals surface area contributed by atoms with Gasteiger partial charge in [0.25, 0.3) is 0 Å². The van der Waals surface area contributed by atoms with E-state index in [4.69, 9.17) is 9.84 Å². The molecule has 0 bridgehead atoms. The van der Waals surface area contributed by atoms with Crippen molar-refractivity contribution < 1.29 is 9.84 Å². The Bertz CT molecular complexity index is 356. The second-order valence-electron chi connectivity index (χ2n) is 3.98. The number of aromatic nitrogens is 2. The van der Waals surface area contributed by atoms with Crippen molar-refractivity contribution in [2.75, 3.05) is 31.2 Å². The number of anilines is 1. The Morgan fingerprint density at radius 3 is 2.88 bits per heavy atom. The van der Waals surface area contributed by atoms with Crippen molar-refractivity contribution >= 4 is 21.7 Å². The van der Waals surface area contributed by atoms with E-state index in [1.54, 1.807) is 12.5 Å². The first-order valence-electron chi connectivity index (χ1n) is 5.74. The molecule has 1 N–H and O–H groups in total. The van der Waals surface area contributed by atoms with E-state index in [9.17, 15) is 0 Å². The van der Waals surface area contributed by atoms with Crippen molar-refractivity contribution in [1.29, 1.82) is 0 Å². The van der Waals surface area contributed by atoms with Gasteiger partial charge in [-0.25, -0.2) is 9.97 Å². The topological polar surface area (TPSA) is 58.5 Å². The molecule has 2 rings (SSSR count). The Morgan fingerprint density at radius 1 is 1.47 bits per heavy atom. The monoisotopic (exact) mass is 301 g/mol. The second-order valence-corrected chi connectivity index (χ2v) is 4.83. The normalized spacial score (nSPS) is 17.4. The molecule has 6 heteroatoms. The predicted octanol–water partition coefficient (Wildman–Crippen LogP) is 1.22. The molecular formula is C11H16BrN3O2. The summed E-state index contributed by atoms with van der Waals surface area (Å²) >= 11 is 3.46. The molecule has 0 aliphatic carbocycles. The van der Waals surface area contributed by atoms with E-state index in [2.05, 4.69) is 30.8 Å². The van der Waals surface area contributed by atoms with Crippen molar-refractivity contribution in [3.63, 3.8) is 0 Å². The van der Waals surface area contributed by atoms with Crippen LogP contribution in [0.1, 0.15) is 12.8 Å². The van der Waals surface area contributed by atoms with Gasteiger partial charge in [0, 0.05) is 19.3 Å². The largest absolute Gasteiger partial charge is 0.394 e. The van der Waals surface area contributed by atoms with Gasteiger partial charge in [-0.15, -0.1) is 0 Å². The first-order chi connectivity index (χ1) is 8.31. The molecule has 1 saturated heterocycles. The van der Waals surface area contributed by atoms with Crippen LogP contribution < -0.4 is 4.90 Å². The first-order valence-corrected chi connectivity index (χ1v) is 6.53. The van der Waals surface area contributed by atoms with Crippen LogP contribution in [0.2, 0.25) is 0 Å². The summed E-state index contributed by atoms with van der Waals surface area (Å²) in [6.45, 7) is 2.37. The molecule has 1 aromatic heterocycles. The minimum absolute atomic E-state index is 0.0949. The number of hydrogen-bond donors (Lipinski definition) is 1. The standard InChI is InChI=1S/C11H16BrN3O2/c12-10-7-13-8-14-11(10)15-3-1-9(2-4-15)17-6-5-16/h7-9,16H,1-6H2. The van der Waals surface area contributed by atoms with E-state index in [0.29, 0.717) is 6.61 Å². The van der Waals surface area contributed by atoms with Crippen LogP contribution in [0.15, 0.2) is 17.0 Å². The molecule has 1 aliphatic heterocycles. The van der Waals surface area contributed by atoms with Crippen LogP contribution in [-0.4, -0.2) is 47.5 Å². The molecule has 0 amide bonds. The van der Waals surface area contributed by atoms with Gasteiger partial charge < -0.3 is 14.7 Å². The number of rotatable bonds is 4. The summed E-state index contributed by atoms with van der Waals surface area (Å²) in [6.07, 6.45) is 5.52. The summed E-state index contributed by atoms with van der Waals surface area (Å²) in [4.78, 5) is 10.5. The lowest BCUT2D eigenvalue weighted by Gasteiger charge is -2.32. The van der Waals surface area contributed by atoms with Gasteiger partial charge in [-0.05, 0) is 28.8 Å². The number of nitrogens with zero attached hydrogens (tertiary/aromatic N) is 3. The van der Waals surface area contributed by atoms with E-state index in [1.807, 2.05) is 0 Å². The van der Waals surface area contributed by atoms with Crippen LogP contribution >= 0.6 is 15.9 Å². The predicted molar refractivity (Wildman–Crippen MR) is 68.0 cm³/mol. The average Bonchev–Trinajstić information content (AvgIpc) is 2.38. The fourth-order valence-electron chi connectivity index (χ4n) is 1.99. The highest BCUT2D eigenvalue weighted by Gasteiger charge is 2.21. The van der Waals surface area contributed by atoms with E-state index >= 15 is 0 Å². The van der Waals surface area contributed by atoms with E-state index in [1.165, 1.54) is 0 Å². The summed E-state index contributed by atoms with van der Waals surface area (Å²) in [5.41, 5.74) is 0. The number of ether oxygens (including phenoxy) is 1. The van der Waals surface area contributed by atoms with Gasteiger partial charge in [0.1, 0.15) is 12.1 Å². The van der Waals surface area contributed by atoms with E-state index in [0.717, 1.165) is 36.2 Å². The zero-order valence-electron chi connectivity index (χ0n) is 9.55. The molecule has 0 aromatic carbocycles. The third-order valence-corrected chi connectivity index (χ3v) is 3.39. The maximum Gasteiger partial charge on any atom is 0.146 e. The zero-order valence-corrected chi connectivity index (χ0v) is 11.1. The molecule has 0 saturated carbocycles. The molecule has 94 valence electrons. The van der Waals surface area contributed by atoms with Crippen molar-refractivity contribution in [2.45, 2.75) is 18.9 Å². The summed E-state index contributed by atoms with van der Waals surface area (Å²) in [7, 11) is 0. The molecule has 1 fully saturated rings. The molecule has 2 heterocycles. The third-order valence-electron chi connectivity index (χ3n) is 2.83. The number of halogens is 1. The van der Waals surface area contributed by atoms with Gasteiger partial charge in [-0.1, -0.05) is 0 Å². The zero-order chi connectivity index (χ0) is 12.1. The second kappa shape index (κ2) is 6.28. The smallest absolute Gasteiger partial charge is 0.146 e. The molecule has 0 spiro atoms. The lowest BCUT2D eigenvalue weighted by atomic mass is 10.1. The number of aliphatic hydroxyl groups is 1. The maximum atomic E-state index is 8.70. The van der Waals surface area contributed by atoms with Crippen molar-refractivity contribution in [3.8, 4) is 0 Å². The number of aliphatic hydroxyl groups excluding tert-OH is 1. The Balaban J connectivity index is 1.89. The summed E-state index contributed by atoms with van der Waals surface area (Å²) in [5, 5.41) is 8.70. The van der Waals surface area contributed by atoms with Gasteiger partial charge in [0.05, 0.1) is 23.8 Å². The van der Waals surface area contributed by atoms with Crippen LogP contribution in [0.25, 0.3) is 0 Å². The van der Waals surface area contributed by atoms with E-state index in [-0.39, 0.29) is 12.7 Å².